The Morgan fingerprint density at radius 2 is 1.74 bits per heavy atom. The van der Waals surface area contributed by atoms with Gasteiger partial charge in [0.15, 0.2) is 0 Å². The van der Waals surface area contributed by atoms with E-state index in [1.165, 1.54) is 6.92 Å². The number of nitrogens with one attached hydrogen (secondary N) is 2. The number of hydrogen-bond acceptors (Lipinski definition) is 6. The van der Waals surface area contributed by atoms with Crippen LogP contribution in [0.15, 0.2) is 42.5 Å². The van der Waals surface area contributed by atoms with E-state index in [0.717, 1.165) is 22.6 Å². The molecule has 0 aliphatic heterocycles. The molecule has 190 valence electrons. The summed E-state index contributed by atoms with van der Waals surface area (Å²) in [6.45, 7) is 5.67. The van der Waals surface area contributed by atoms with Crippen molar-refractivity contribution in [3.05, 3.63) is 48.0 Å². The number of urea groups is 1. The Bertz CT molecular complexity index is 1070. The lowest BCUT2D eigenvalue weighted by molar-refractivity contribution is -0.172. The van der Waals surface area contributed by atoms with Gasteiger partial charge in [0, 0.05) is 19.9 Å². The molecule has 10 heteroatoms. The Hall–Kier alpha value is -3.66. The molecule has 0 aliphatic rings. The summed E-state index contributed by atoms with van der Waals surface area (Å²) in [4.78, 5) is 50.2. The number of rotatable bonds is 11. The number of ether oxygens (including phenoxy) is 1. The molecule has 0 heterocycles. The number of amides is 3. The highest BCUT2D eigenvalue weighted by Crippen LogP contribution is 2.17. The minimum absolute atomic E-state index is 0.0231. The fourth-order valence-electron chi connectivity index (χ4n) is 3.67. The average molecular weight is 488 g/mol. The molecule has 10 nitrogen and oxygen atoms in total. The summed E-state index contributed by atoms with van der Waals surface area (Å²) >= 11 is 0. The van der Waals surface area contributed by atoms with Crippen molar-refractivity contribution in [2.45, 2.75) is 45.9 Å². The van der Waals surface area contributed by atoms with Crippen molar-refractivity contribution in [1.29, 1.82) is 0 Å². The number of esters is 1. The highest BCUT2D eigenvalue weighted by atomic mass is 16.6. The van der Waals surface area contributed by atoms with Gasteiger partial charge in [0.1, 0.15) is 6.04 Å². The van der Waals surface area contributed by atoms with E-state index in [0.29, 0.717) is 5.56 Å². The van der Waals surface area contributed by atoms with E-state index in [1.54, 1.807) is 6.07 Å². The van der Waals surface area contributed by atoms with E-state index in [2.05, 4.69) is 10.6 Å². The van der Waals surface area contributed by atoms with Gasteiger partial charge in [-0.15, -0.1) is 0 Å². The summed E-state index contributed by atoms with van der Waals surface area (Å²) in [6, 6.07) is 11.1. The minimum Gasteiger partial charge on any atom is -0.480 e. The van der Waals surface area contributed by atoms with E-state index >= 15 is 0 Å². The van der Waals surface area contributed by atoms with Crippen LogP contribution < -0.4 is 10.6 Å². The second-order valence-corrected chi connectivity index (χ2v) is 8.76. The lowest BCUT2D eigenvalue weighted by Crippen LogP contribution is -2.63. The third-order valence-electron chi connectivity index (χ3n) is 5.14. The first-order chi connectivity index (χ1) is 16.4. The molecule has 35 heavy (non-hydrogen) atoms. The molecule has 2 aromatic rings. The molecule has 0 fully saturated rings. The van der Waals surface area contributed by atoms with Crippen LogP contribution in [0, 0.1) is 5.92 Å². The van der Waals surface area contributed by atoms with Gasteiger partial charge in [-0.1, -0.05) is 56.3 Å². The van der Waals surface area contributed by atoms with Gasteiger partial charge in [0.05, 0.1) is 13.2 Å². The van der Waals surface area contributed by atoms with Crippen molar-refractivity contribution in [2.75, 3.05) is 19.7 Å². The molecule has 2 atom stereocenters. The Kier molecular flexibility index (Phi) is 9.59. The number of nitrogens with zero attached hydrogens (tertiary/aromatic N) is 1. The van der Waals surface area contributed by atoms with Crippen LogP contribution in [0.4, 0.5) is 4.79 Å². The number of hydrogen-bond donors (Lipinski definition) is 4. The maximum atomic E-state index is 13.1. The van der Waals surface area contributed by atoms with Gasteiger partial charge in [0.2, 0.25) is 5.91 Å². The van der Waals surface area contributed by atoms with Crippen LogP contribution in [0.2, 0.25) is 0 Å². The topological polar surface area (TPSA) is 145 Å². The average Bonchev–Trinajstić information content (AvgIpc) is 2.77. The number of carbonyl (C=O) groups is 4. The van der Waals surface area contributed by atoms with Crippen molar-refractivity contribution in [1.82, 2.24) is 15.5 Å². The van der Waals surface area contributed by atoms with Crippen molar-refractivity contribution >= 4 is 34.6 Å². The molecule has 0 saturated heterocycles. The Labute approximate surface area is 204 Å². The maximum Gasteiger partial charge on any atom is 0.361 e. The third kappa shape index (κ3) is 7.96. The molecular weight excluding hydrogens is 454 g/mol. The molecule has 4 N–H and O–H groups in total. The standard InChI is InChI=1S/C25H33N3O7/c1-5-35-23(32)25(34,27-17(4)29)15-28(14-16(2)3)24(33)26-21(22(30)31)13-18-10-11-19-8-6-7-9-20(19)12-18/h6-12,16,21,34H,5,13-15H2,1-4H3,(H,26,33)(H,27,29)(H,30,31)/t21-,25?/m0/s1. The number of carbonyl (C=O) groups excluding carboxylic acids is 3. The van der Waals surface area contributed by atoms with Gasteiger partial charge in [-0.25, -0.2) is 14.4 Å². The zero-order valence-corrected chi connectivity index (χ0v) is 20.4. The number of fused-ring (bicyclic) bond motifs is 1. The van der Waals surface area contributed by atoms with Gasteiger partial charge in [-0.3, -0.25) is 4.79 Å². The molecule has 0 bridgehead atoms. The second kappa shape index (κ2) is 12.2. The molecule has 0 aromatic heterocycles. The third-order valence-corrected chi connectivity index (χ3v) is 5.14. The van der Waals surface area contributed by atoms with Crippen LogP contribution in [0.5, 0.6) is 0 Å². The lowest BCUT2D eigenvalue weighted by Gasteiger charge is -2.34. The van der Waals surface area contributed by atoms with Gasteiger partial charge in [-0.2, -0.15) is 0 Å². The van der Waals surface area contributed by atoms with Gasteiger partial charge in [0.25, 0.3) is 5.72 Å². The first-order valence-electron chi connectivity index (χ1n) is 11.4. The Balaban J connectivity index is 2.25. The number of carboxylic acid groups (broad SMARTS) is 1. The van der Waals surface area contributed by atoms with Crippen LogP contribution in [0.25, 0.3) is 10.8 Å². The van der Waals surface area contributed by atoms with Crippen molar-refractivity contribution in [3.8, 4) is 0 Å². The van der Waals surface area contributed by atoms with E-state index < -0.39 is 42.2 Å². The van der Waals surface area contributed by atoms with Crippen molar-refractivity contribution in [3.63, 3.8) is 0 Å². The Morgan fingerprint density at radius 3 is 2.31 bits per heavy atom. The molecule has 0 saturated carbocycles. The largest absolute Gasteiger partial charge is 0.480 e. The van der Waals surface area contributed by atoms with Crippen LogP contribution in [0.3, 0.4) is 0 Å². The Morgan fingerprint density at radius 1 is 1.09 bits per heavy atom. The molecule has 0 spiro atoms. The predicted octanol–water partition coefficient (Wildman–Crippen LogP) is 1.89. The number of aliphatic hydroxyl groups is 1. The molecule has 2 aromatic carbocycles. The van der Waals surface area contributed by atoms with Gasteiger partial charge < -0.3 is 30.5 Å². The SMILES string of the molecule is CCOC(=O)C(O)(CN(CC(C)C)C(=O)N[C@@H](Cc1ccc2ccccc2c1)C(=O)O)NC(C)=O. The van der Waals surface area contributed by atoms with Crippen LogP contribution in [0.1, 0.15) is 33.3 Å². The van der Waals surface area contributed by atoms with Crippen LogP contribution in [-0.4, -0.2) is 70.5 Å². The summed E-state index contributed by atoms with van der Waals surface area (Å²) in [7, 11) is 0. The van der Waals surface area contributed by atoms with E-state index in [1.807, 2.05) is 50.2 Å². The second-order valence-electron chi connectivity index (χ2n) is 8.76. The number of aliphatic carboxylic acids is 1. The molecule has 1 unspecified atom stereocenters. The fraction of sp³-hybridized carbons (Fsp3) is 0.440. The maximum absolute atomic E-state index is 13.1. The van der Waals surface area contributed by atoms with Crippen molar-refractivity contribution < 1.29 is 34.1 Å². The fourth-order valence-corrected chi connectivity index (χ4v) is 3.67. The minimum atomic E-state index is -2.49. The summed E-state index contributed by atoms with van der Waals surface area (Å²) in [5, 5.41) is 27.2. The zero-order valence-electron chi connectivity index (χ0n) is 20.4. The normalized spacial score (nSPS) is 13.5. The quantitative estimate of drug-likeness (QED) is 0.280. The highest BCUT2D eigenvalue weighted by molar-refractivity contribution is 5.88. The van der Waals surface area contributed by atoms with E-state index in [4.69, 9.17) is 4.74 Å². The van der Waals surface area contributed by atoms with Gasteiger partial charge >= 0.3 is 18.0 Å². The first-order valence-corrected chi connectivity index (χ1v) is 11.4. The molecule has 0 aliphatic carbocycles. The summed E-state index contributed by atoms with van der Waals surface area (Å²) in [6.07, 6.45) is 0.0231. The molecule has 0 radical (unpaired) electrons. The zero-order chi connectivity index (χ0) is 26.2. The number of benzene rings is 2. The van der Waals surface area contributed by atoms with E-state index in [-0.39, 0.29) is 25.5 Å². The molecular formula is C25H33N3O7. The van der Waals surface area contributed by atoms with Crippen LogP contribution in [-0.2, 0) is 25.5 Å². The molecule has 2 rings (SSSR count). The summed E-state index contributed by atoms with van der Waals surface area (Å²) in [5.74, 6) is -3.15. The highest BCUT2D eigenvalue weighted by Gasteiger charge is 2.42. The predicted molar refractivity (Wildman–Crippen MR) is 129 cm³/mol. The smallest absolute Gasteiger partial charge is 0.361 e. The summed E-state index contributed by atoms with van der Waals surface area (Å²) < 4.78 is 4.87. The summed E-state index contributed by atoms with van der Waals surface area (Å²) in [5.41, 5.74) is -1.78. The molecule has 3 amide bonds. The first kappa shape index (κ1) is 27.6. The lowest BCUT2D eigenvalue weighted by atomic mass is 10.0. The monoisotopic (exact) mass is 487 g/mol. The van der Waals surface area contributed by atoms with Gasteiger partial charge in [-0.05, 0) is 29.2 Å². The van der Waals surface area contributed by atoms with E-state index in [9.17, 15) is 29.4 Å². The number of carboxylic acids is 1. The van der Waals surface area contributed by atoms with Crippen LogP contribution >= 0.6 is 0 Å². The van der Waals surface area contributed by atoms with Crippen molar-refractivity contribution in [2.24, 2.45) is 5.92 Å².